The van der Waals surface area contributed by atoms with Crippen molar-refractivity contribution in [2.45, 2.75) is 23.9 Å². The summed E-state index contributed by atoms with van der Waals surface area (Å²) >= 11 is 5.58. The lowest BCUT2D eigenvalue weighted by atomic mass is 9.68. The summed E-state index contributed by atoms with van der Waals surface area (Å²) in [7, 11) is 0. The minimum Gasteiger partial charge on any atom is -0.449 e. The molecule has 2 nitrogen and oxygen atoms in total. The normalized spacial score (nSPS) is 28.3. The summed E-state index contributed by atoms with van der Waals surface area (Å²) in [6.45, 7) is -0.252. The second-order valence-electron chi connectivity index (χ2n) is 4.00. The number of benzene rings is 1. The highest BCUT2D eigenvalue weighted by Crippen LogP contribution is 2.64. The molecule has 1 aliphatic carbocycles. The van der Waals surface area contributed by atoms with E-state index >= 15 is 0 Å². The average molecular weight is 283 g/mol. The van der Waals surface area contributed by atoms with E-state index < -0.39 is 23.9 Å². The molecule has 18 heavy (non-hydrogen) atoms. The van der Waals surface area contributed by atoms with Crippen molar-refractivity contribution in [1.29, 1.82) is 0 Å². The lowest BCUT2D eigenvalue weighted by Gasteiger charge is -2.52. The molecule has 2 rings (SSSR count). The number of alkyl halides is 4. The Morgan fingerprint density at radius 2 is 1.72 bits per heavy atom. The monoisotopic (exact) mass is 282 g/mol. The SMILES string of the molecule is O=CO[C@@]1(c2ccc(Cl)cc2)CC(F)(F)C1(F)F. The van der Waals surface area contributed by atoms with Crippen molar-refractivity contribution >= 4 is 18.1 Å². The van der Waals surface area contributed by atoms with Crippen molar-refractivity contribution in [3.05, 3.63) is 34.9 Å². The largest absolute Gasteiger partial charge is 0.449 e. The van der Waals surface area contributed by atoms with Crippen LogP contribution in [-0.2, 0) is 15.1 Å². The van der Waals surface area contributed by atoms with Crippen molar-refractivity contribution in [3.63, 3.8) is 0 Å². The predicted molar refractivity (Wildman–Crippen MR) is 54.8 cm³/mol. The minimum absolute atomic E-state index is 0.213. The smallest absolute Gasteiger partial charge is 0.353 e. The van der Waals surface area contributed by atoms with Gasteiger partial charge in [-0.05, 0) is 12.1 Å². The second kappa shape index (κ2) is 3.85. The molecular weight excluding hydrogens is 276 g/mol. The van der Waals surface area contributed by atoms with Crippen molar-refractivity contribution < 1.29 is 27.1 Å². The van der Waals surface area contributed by atoms with E-state index in [0.717, 1.165) is 12.1 Å². The Balaban J connectivity index is 2.48. The number of rotatable bonds is 3. The fourth-order valence-electron chi connectivity index (χ4n) is 1.99. The molecular formula is C11H7ClF4O2. The van der Waals surface area contributed by atoms with E-state index in [2.05, 4.69) is 4.74 Å². The van der Waals surface area contributed by atoms with Gasteiger partial charge < -0.3 is 4.74 Å². The molecule has 1 atom stereocenters. The predicted octanol–water partition coefficient (Wildman–Crippen LogP) is 3.38. The van der Waals surface area contributed by atoms with E-state index in [0.29, 0.717) is 0 Å². The molecule has 1 aliphatic rings. The molecule has 0 unspecified atom stereocenters. The summed E-state index contributed by atoms with van der Waals surface area (Å²) < 4.78 is 57.2. The van der Waals surface area contributed by atoms with Gasteiger partial charge in [-0.15, -0.1) is 0 Å². The summed E-state index contributed by atoms with van der Waals surface area (Å²) in [5.41, 5.74) is -2.84. The maximum atomic E-state index is 13.5. The zero-order chi connectivity index (χ0) is 13.6. The van der Waals surface area contributed by atoms with Crippen LogP contribution in [0.4, 0.5) is 17.6 Å². The molecule has 0 bridgehead atoms. The van der Waals surface area contributed by atoms with Gasteiger partial charge in [0.2, 0.25) is 5.60 Å². The lowest BCUT2D eigenvalue weighted by molar-refractivity contribution is -0.384. The number of carbonyl (C=O) groups excluding carboxylic acids is 1. The van der Waals surface area contributed by atoms with Crippen LogP contribution in [0.3, 0.4) is 0 Å². The van der Waals surface area contributed by atoms with Crippen LogP contribution >= 0.6 is 11.6 Å². The summed E-state index contributed by atoms with van der Waals surface area (Å²) in [5, 5.41) is 0.259. The molecule has 0 N–H and O–H groups in total. The Morgan fingerprint density at radius 1 is 1.17 bits per heavy atom. The highest BCUT2D eigenvalue weighted by atomic mass is 35.5. The van der Waals surface area contributed by atoms with Crippen LogP contribution in [0.25, 0.3) is 0 Å². The number of halogens is 5. The van der Waals surface area contributed by atoms with Gasteiger partial charge in [0, 0.05) is 10.6 Å². The van der Waals surface area contributed by atoms with Crippen LogP contribution in [0.1, 0.15) is 12.0 Å². The maximum absolute atomic E-state index is 13.5. The van der Waals surface area contributed by atoms with E-state index in [9.17, 15) is 22.4 Å². The van der Waals surface area contributed by atoms with Gasteiger partial charge >= 0.3 is 11.8 Å². The van der Waals surface area contributed by atoms with Gasteiger partial charge in [-0.2, -0.15) is 17.6 Å². The van der Waals surface area contributed by atoms with Crippen LogP contribution in [0.15, 0.2) is 24.3 Å². The third-order valence-electron chi connectivity index (χ3n) is 3.00. The van der Waals surface area contributed by atoms with Gasteiger partial charge in [0.25, 0.3) is 6.47 Å². The van der Waals surface area contributed by atoms with E-state index in [-0.39, 0.29) is 17.1 Å². The molecule has 1 aromatic rings. The number of hydrogen-bond acceptors (Lipinski definition) is 2. The molecule has 0 aromatic heterocycles. The van der Waals surface area contributed by atoms with Gasteiger partial charge in [-0.1, -0.05) is 23.7 Å². The molecule has 0 saturated heterocycles. The average Bonchev–Trinajstić information content (AvgIpc) is 2.28. The first kappa shape index (κ1) is 13.1. The molecule has 0 amide bonds. The van der Waals surface area contributed by atoms with Gasteiger partial charge in [0.05, 0.1) is 6.42 Å². The first-order valence-electron chi connectivity index (χ1n) is 4.90. The standard InChI is InChI=1S/C11H7ClF4O2/c12-8-3-1-7(2-4-8)9(18-6-17)5-10(13,14)11(9,15)16/h1-4,6H,5H2/t9-/m1/s1. The minimum atomic E-state index is -4.45. The summed E-state index contributed by atoms with van der Waals surface area (Å²) in [5.74, 6) is -8.65. The lowest BCUT2D eigenvalue weighted by Crippen LogP contribution is -2.70. The van der Waals surface area contributed by atoms with Crippen LogP contribution < -0.4 is 0 Å². The van der Waals surface area contributed by atoms with Crippen LogP contribution in [0, 0.1) is 0 Å². The Bertz CT molecular complexity index is 474. The third kappa shape index (κ3) is 1.51. The highest BCUT2D eigenvalue weighted by molar-refractivity contribution is 6.30. The van der Waals surface area contributed by atoms with Crippen LogP contribution in [0.5, 0.6) is 0 Å². The Morgan fingerprint density at radius 3 is 2.11 bits per heavy atom. The van der Waals surface area contributed by atoms with Gasteiger partial charge in [-0.25, -0.2) is 0 Å². The fraction of sp³-hybridized carbons (Fsp3) is 0.364. The van der Waals surface area contributed by atoms with Crippen LogP contribution in [0.2, 0.25) is 5.02 Å². The number of ether oxygens (including phenoxy) is 1. The first-order chi connectivity index (χ1) is 8.27. The quantitative estimate of drug-likeness (QED) is 0.627. The van der Waals surface area contributed by atoms with Gasteiger partial charge in [0.1, 0.15) is 0 Å². The molecule has 1 saturated carbocycles. The highest BCUT2D eigenvalue weighted by Gasteiger charge is 2.83. The van der Waals surface area contributed by atoms with Crippen molar-refractivity contribution in [2.75, 3.05) is 0 Å². The Hall–Kier alpha value is -1.30. The molecule has 0 heterocycles. The zero-order valence-corrected chi connectivity index (χ0v) is 9.56. The molecule has 98 valence electrons. The van der Waals surface area contributed by atoms with Crippen molar-refractivity contribution in [1.82, 2.24) is 0 Å². The summed E-state index contributed by atoms with van der Waals surface area (Å²) in [6, 6.07) is 4.79. The number of hydrogen-bond donors (Lipinski definition) is 0. The second-order valence-corrected chi connectivity index (χ2v) is 4.44. The molecule has 0 aliphatic heterocycles. The molecule has 1 aromatic carbocycles. The third-order valence-corrected chi connectivity index (χ3v) is 3.25. The Kier molecular flexibility index (Phi) is 2.81. The summed E-state index contributed by atoms with van der Waals surface area (Å²) in [4.78, 5) is 10.3. The number of carbonyl (C=O) groups is 1. The zero-order valence-electron chi connectivity index (χ0n) is 8.80. The first-order valence-corrected chi connectivity index (χ1v) is 5.28. The van der Waals surface area contributed by atoms with Crippen molar-refractivity contribution in [3.8, 4) is 0 Å². The van der Waals surface area contributed by atoms with Gasteiger partial charge in [0.15, 0.2) is 0 Å². The molecule has 0 radical (unpaired) electrons. The van der Waals surface area contributed by atoms with E-state index in [1.807, 2.05) is 0 Å². The topological polar surface area (TPSA) is 26.3 Å². The van der Waals surface area contributed by atoms with E-state index in [1.54, 1.807) is 0 Å². The molecule has 7 heteroatoms. The van der Waals surface area contributed by atoms with E-state index in [1.165, 1.54) is 12.1 Å². The molecule has 1 fully saturated rings. The van der Waals surface area contributed by atoms with Gasteiger partial charge in [-0.3, -0.25) is 4.79 Å². The molecule has 0 spiro atoms. The Labute approximate surface area is 104 Å². The fourth-order valence-corrected chi connectivity index (χ4v) is 2.12. The van der Waals surface area contributed by atoms with E-state index in [4.69, 9.17) is 11.6 Å². The van der Waals surface area contributed by atoms with Crippen molar-refractivity contribution in [2.24, 2.45) is 0 Å². The maximum Gasteiger partial charge on any atom is 0.353 e. The van der Waals surface area contributed by atoms with Crippen LogP contribution in [-0.4, -0.2) is 18.3 Å². The summed E-state index contributed by atoms with van der Waals surface area (Å²) in [6.07, 6.45) is -1.26.